The molecular weight excluding hydrogens is 514 g/mol. The SMILES string of the molecule is CCOc1ccc(CNC(=O)CN2C(=O)CSc3ccc(S(=O)(=O)N4CCC(C)CC4)cc32)cc1OC. The Labute approximate surface area is 222 Å². The topological polar surface area (TPSA) is 105 Å². The number of methoxy groups -OCH3 is 1. The summed E-state index contributed by atoms with van der Waals surface area (Å²) in [6, 6.07) is 10.3. The van der Waals surface area contributed by atoms with E-state index in [9.17, 15) is 18.0 Å². The van der Waals surface area contributed by atoms with Crippen LogP contribution in [0.25, 0.3) is 0 Å². The average Bonchev–Trinajstić information content (AvgIpc) is 2.89. The summed E-state index contributed by atoms with van der Waals surface area (Å²) in [5.41, 5.74) is 1.27. The van der Waals surface area contributed by atoms with Gasteiger partial charge in [0.05, 0.1) is 30.1 Å². The van der Waals surface area contributed by atoms with E-state index >= 15 is 0 Å². The normalized spacial score (nSPS) is 16.8. The number of thioether (sulfide) groups is 1. The number of hydrogen-bond donors (Lipinski definition) is 1. The lowest BCUT2D eigenvalue weighted by molar-refractivity contribution is -0.123. The molecule has 9 nitrogen and oxygen atoms in total. The number of sulfonamides is 1. The number of nitrogens with zero attached hydrogens (tertiary/aromatic N) is 2. The minimum absolute atomic E-state index is 0.142. The second-order valence-electron chi connectivity index (χ2n) is 9.18. The summed E-state index contributed by atoms with van der Waals surface area (Å²) in [5.74, 6) is 1.29. The molecule has 1 N–H and O–H groups in total. The van der Waals surface area contributed by atoms with Crippen molar-refractivity contribution in [3.8, 4) is 11.5 Å². The maximum absolute atomic E-state index is 13.3. The van der Waals surface area contributed by atoms with E-state index in [2.05, 4.69) is 12.2 Å². The minimum atomic E-state index is -3.69. The van der Waals surface area contributed by atoms with Crippen LogP contribution in [0.2, 0.25) is 0 Å². The maximum Gasteiger partial charge on any atom is 0.243 e. The summed E-state index contributed by atoms with van der Waals surface area (Å²) in [4.78, 5) is 27.9. The molecule has 2 aliphatic rings. The van der Waals surface area contributed by atoms with E-state index in [0.717, 1.165) is 23.3 Å². The highest BCUT2D eigenvalue weighted by molar-refractivity contribution is 8.00. The van der Waals surface area contributed by atoms with Crippen molar-refractivity contribution in [3.05, 3.63) is 42.0 Å². The van der Waals surface area contributed by atoms with Crippen molar-refractivity contribution in [1.29, 1.82) is 0 Å². The summed E-state index contributed by atoms with van der Waals surface area (Å²) >= 11 is 1.35. The maximum atomic E-state index is 13.3. The second-order valence-corrected chi connectivity index (χ2v) is 12.1. The van der Waals surface area contributed by atoms with Crippen molar-refractivity contribution >= 4 is 39.3 Å². The number of fused-ring (bicyclic) bond motifs is 1. The van der Waals surface area contributed by atoms with Crippen LogP contribution in [0, 0.1) is 5.92 Å². The predicted octanol–water partition coefficient (Wildman–Crippen LogP) is 3.27. The van der Waals surface area contributed by atoms with E-state index in [1.54, 1.807) is 31.4 Å². The number of nitrogens with one attached hydrogen (secondary N) is 1. The summed E-state index contributed by atoms with van der Waals surface area (Å²) in [5, 5.41) is 2.84. The van der Waals surface area contributed by atoms with Gasteiger partial charge in [-0.1, -0.05) is 13.0 Å². The van der Waals surface area contributed by atoms with E-state index < -0.39 is 10.0 Å². The molecule has 0 unspecified atom stereocenters. The number of benzene rings is 2. The molecule has 2 aromatic rings. The molecule has 4 rings (SSSR count). The zero-order chi connectivity index (χ0) is 26.6. The largest absolute Gasteiger partial charge is 0.493 e. The van der Waals surface area contributed by atoms with Gasteiger partial charge < -0.3 is 19.7 Å². The molecule has 0 aliphatic carbocycles. The molecule has 0 aromatic heterocycles. The average molecular weight is 548 g/mol. The fraction of sp³-hybridized carbons (Fsp3) is 0.462. The number of hydrogen-bond acceptors (Lipinski definition) is 7. The van der Waals surface area contributed by atoms with Gasteiger partial charge in [-0.2, -0.15) is 4.31 Å². The van der Waals surface area contributed by atoms with Crippen LogP contribution in [0.5, 0.6) is 11.5 Å². The van der Waals surface area contributed by atoms with Gasteiger partial charge in [0.1, 0.15) is 6.54 Å². The fourth-order valence-electron chi connectivity index (χ4n) is 4.39. The predicted molar refractivity (Wildman–Crippen MR) is 143 cm³/mol. The van der Waals surface area contributed by atoms with Gasteiger partial charge in [-0.05, 0) is 61.6 Å². The highest BCUT2D eigenvalue weighted by Gasteiger charge is 2.32. The smallest absolute Gasteiger partial charge is 0.243 e. The van der Waals surface area contributed by atoms with Crippen LogP contribution in [0.1, 0.15) is 32.3 Å². The lowest BCUT2D eigenvalue weighted by Gasteiger charge is -2.31. The Hall–Kier alpha value is -2.76. The molecule has 1 fully saturated rings. The van der Waals surface area contributed by atoms with Gasteiger partial charge in [-0.15, -0.1) is 11.8 Å². The van der Waals surface area contributed by atoms with Crippen LogP contribution in [-0.4, -0.2) is 63.6 Å². The first kappa shape index (κ1) is 27.3. The highest BCUT2D eigenvalue weighted by atomic mass is 32.2. The van der Waals surface area contributed by atoms with Crippen molar-refractivity contribution in [2.75, 3.05) is 44.0 Å². The molecule has 1 saturated heterocycles. The monoisotopic (exact) mass is 547 g/mol. The third-order valence-electron chi connectivity index (χ3n) is 6.57. The molecule has 2 aromatic carbocycles. The summed E-state index contributed by atoms with van der Waals surface area (Å²) in [6.45, 7) is 5.53. The Balaban J connectivity index is 1.47. The number of amides is 2. The lowest BCUT2D eigenvalue weighted by Crippen LogP contribution is -2.43. The standard InChI is InChI=1S/C26H33N3O6S2/c1-4-35-22-7-5-19(13-23(22)34-3)15-27-25(30)16-29-21-14-20(6-8-24(21)36-17-26(29)31)37(32,33)28-11-9-18(2)10-12-28/h5-8,13-14,18H,4,9-12,15-17H2,1-3H3,(H,27,30). The molecule has 2 heterocycles. The number of carbonyl (C=O) groups is 2. The zero-order valence-electron chi connectivity index (χ0n) is 21.4. The molecule has 0 radical (unpaired) electrons. The van der Waals surface area contributed by atoms with Gasteiger partial charge in [-0.3, -0.25) is 9.59 Å². The Kier molecular flexibility index (Phi) is 8.66. The minimum Gasteiger partial charge on any atom is -0.493 e. The summed E-state index contributed by atoms with van der Waals surface area (Å²) in [6.07, 6.45) is 1.65. The van der Waals surface area contributed by atoms with Crippen molar-refractivity contribution < 1.29 is 27.5 Å². The molecule has 0 bridgehead atoms. The number of carbonyl (C=O) groups excluding carboxylic acids is 2. The van der Waals surface area contributed by atoms with Crippen molar-refractivity contribution in [1.82, 2.24) is 9.62 Å². The summed E-state index contributed by atoms with van der Waals surface area (Å²) < 4.78 is 39.0. The molecular formula is C26H33N3O6S2. The van der Waals surface area contributed by atoms with Crippen LogP contribution >= 0.6 is 11.8 Å². The van der Waals surface area contributed by atoms with Crippen molar-refractivity contribution in [3.63, 3.8) is 0 Å². The highest BCUT2D eigenvalue weighted by Crippen LogP contribution is 2.38. The quantitative estimate of drug-likeness (QED) is 0.514. The van der Waals surface area contributed by atoms with Crippen LogP contribution in [-0.2, 0) is 26.2 Å². The number of ether oxygens (including phenoxy) is 2. The Morgan fingerprint density at radius 1 is 1.14 bits per heavy atom. The molecule has 200 valence electrons. The molecule has 2 aliphatic heterocycles. The third-order valence-corrected chi connectivity index (χ3v) is 9.52. The Bertz CT molecular complexity index is 1260. The third kappa shape index (κ3) is 6.22. The lowest BCUT2D eigenvalue weighted by atomic mass is 10.0. The van der Waals surface area contributed by atoms with E-state index in [0.29, 0.717) is 42.8 Å². The molecule has 2 amide bonds. The van der Waals surface area contributed by atoms with E-state index in [-0.39, 0.29) is 35.6 Å². The Morgan fingerprint density at radius 3 is 2.59 bits per heavy atom. The first-order chi connectivity index (χ1) is 17.7. The van der Waals surface area contributed by atoms with Gasteiger partial charge >= 0.3 is 0 Å². The van der Waals surface area contributed by atoms with Crippen LogP contribution in [0.4, 0.5) is 5.69 Å². The number of rotatable bonds is 9. The molecule has 37 heavy (non-hydrogen) atoms. The van der Waals surface area contributed by atoms with E-state index in [4.69, 9.17) is 9.47 Å². The van der Waals surface area contributed by atoms with E-state index in [1.165, 1.54) is 27.0 Å². The molecule has 0 spiro atoms. The van der Waals surface area contributed by atoms with Gasteiger partial charge in [0.15, 0.2) is 11.5 Å². The number of piperidine rings is 1. The summed E-state index contributed by atoms with van der Waals surface area (Å²) in [7, 11) is -2.13. The molecule has 11 heteroatoms. The van der Waals surface area contributed by atoms with Gasteiger partial charge in [0.2, 0.25) is 21.8 Å². The molecule has 0 atom stereocenters. The first-order valence-electron chi connectivity index (χ1n) is 12.4. The number of anilines is 1. The van der Waals surface area contributed by atoms with Crippen molar-refractivity contribution in [2.45, 2.75) is 43.0 Å². The van der Waals surface area contributed by atoms with Crippen molar-refractivity contribution in [2.24, 2.45) is 5.92 Å². The molecule has 0 saturated carbocycles. The van der Waals surface area contributed by atoms with Gasteiger partial charge in [0, 0.05) is 24.5 Å². The second kappa shape index (κ2) is 11.7. The van der Waals surface area contributed by atoms with Gasteiger partial charge in [-0.25, -0.2) is 8.42 Å². The van der Waals surface area contributed by atoms with Gasteiger partial charge in [0.25, 0.3) is 0 Å². The van der Waals surface area contributed by atoms with Crippen LogP contribution in [0.15, 0.2) is 46.2 Å². The zero-order valence-corrected chi connectivity index (χ0v) is 23.0. The van der Waals surface area contributed by atoms with E-state index in [1.807, 2.05) is 13.0 Å². The fourth-order valence-corrected chi connectivity index (χ4v) is 6.79. The Morgan fingerprint density at radius 2 is 1.89 bits per heavy atom. The van der Waals surface area contributed by atoms with Crippen LogP contribution in [0.3, 0.4) is 0 Å². The first-order valence-corrected chi connectivity index (χ1v) is 14.8. The van der Waals surface area contributed by atoms with Crippen LogP contribution < -0.4 is 19.7 Å².